The fourth-order valence-corrected chi connectivity index (χ4v) is 5.03. The molecule has 1 aliphatic carbocycles. The lowest BCUT2D eigenvalue weighted by atomic mass is 9.82. The highest BCUT2D eigenvalue weighted by atomic mass is 16.5. The third kappa shape index (κ3) is 6.01. The van der Waals surface area contributed by atoms with Gasteiger partial charge >= 0.3 is 5.97 Å². The number of carboxylic acid groups (broad SMARTS) is 1. The highest BCUT2D eigenvalue weighted by molar-refractivity contribution is 6.01. The summed E-state index contributed by atoms with van der Waals surface area (Å²) in [5.41, 5.74) is 1.88. The van der Waals surface area contributed by atoms with Crippen LogP contribution in [-0.4, -0.2) is 46.0 Å². The van der Waals surface area contributed by atoms with Crippen LogP contribution >= 0.6 is 0 Å². The molecule has 188 valence electrons. The molecule has 1 N–H and O–H groups in total. The summed E-state index contributed by atoms with van der Waals surface area (Å²) in [7, 11) is 0. The van der Waals surface area contributed by atoms with Crippen LogP contribution in [0.5, 0.6) is 0 Å². The van der Waals surface area contributed by atoms with Crippen LogP contribution in [0.15, 0.2) is 36.5 Å². The summed E-state index contributed by atoms with van der Waals surface area (Å²) >= 11 is 0. The molecule has 2 fully saturated rings. The van der Waals surface area contributed by atoms with Gasteiger partial charge in [-0.3, -0.25) is 9.69 Å². The van der Waals surface area contributed by atoms with Gasteiger partial charge in [-0.05, 0) is 81.9 Å². The fourth-order valence-electron chi connectivity index (χ4n) is 5.03. The molecule has 0 bridgehead atoms. The number of carbonyl (C=O) groups excluding carboxylic acids is 1. The van der Waals surface area contributed by atoms with E-state index in [0.29, 0.717) is 11.8 Å². The standard InChI is InChI=1S/C28H37N3O4/c1-19(2)31(27(32)23-10-4-20(3)5-11-23)26-25(28(33)34)18-30(29-26)24-12-8-21(9-13-24)6-7-22-14-16-35-17-15-22/h6-9,12-13,18-20,22-23H,4-5,10-11,14-17H2,1-3H3,(H,33,34). The number of aromatic nitrogens is 2. The first-order valence-corrected chi connectivity index (χ1v) is 12.9. The molecule has 1 amide bonds. The van der Waals surface area contributed by atoms with Crippen LogP contribution < -0.4 is 4.90 Å². The number of rotatable bonds is 7. The molecule has 0 radical (unpaired) electrons. The van der Waals surface area contributed by atoms with Gasteiger partial charge in [0.05, 0.1) is 5.69 Å². The lowest BCUT2D eigenvalue weighted by molar-refractivity contribution is -0.124. The highest BCUT2D eigenvalue weighted by Crippen LogP contribution is 2.32. The van der Waals surface area contributed by atoms with Crippen LogP contribution in [0, 0.1) is 17.8 Å². The molecule has 7 heteroatoms. The van der Waals surface area contributed by atoms with Gasteiger partial charge in [-0.25, -0.2) is 9.48 Å². The maximum Gasteiger partial charge on any atom is 0.341 e. The van der Waals surface area contributed by atoms with Crippen LogP contribution in [0.25, 0.3) is 11.8 Å². The van der Waals surface area contributed by atoms with Crippen LogP contribution in [-0.2, 0) is 9.53 Å². The predicted octanol–water partition coefficient (Wildman–Crippen LogP) is 5.58. The third-order valence-electron chi connectivity index (χ3n) is 7.26. The number of allylic oxidation sites excluding steroid dienone is 1. The Morgan fingerprint density at radius 2 is 1.74 bits per heavy atom. The van der Waals surface area contributed by atoms with Crippen molar-refractivity contribution in [2.75, 3.05) is 18.1 Å². The molecular weight excluding hydrogens is 442 g/mol. The van der Waals surface area contributed by atoms with Crippen molar-refractivity contribution in [3.8, 4) is 5.69 Å². The molecule has 2 aromatic rings. The summed E-state index contributed by atoms with van der Waals surface area (Å²) in [6, 6.07) is 7.66. The molecule has 0 atom stereocenters. The van der Waals surface area contributed by atoms with E-state index in [0.717, 1.165) is 63.0 Å². The van der Waals surface area contributed by atoms with E-state index in [1.807, 2.05) is 38.1 Å². The van der Waals surface area contributed by atoms with Gasteiger partial charge in [-0.2, -0.15) is 0 Å². The molecule has 1 aromatic carbocycles. The average Bonchev–Trinajstić information content (AvgIpc) is 3.29. The first-order valence-electron chi connectivity index (χ1n) is 12.9. The molecule has 2 aliphatic rings. The number of ether oxygens (including phenoxy) is 1. The van der Waals surface area contributed by atoms with Crippen LogP contribution in [0.1, 0.15) is 75.2 Å². The number of nitrogens with zero attached hydrogens (tertiary/aromatic N) is 3. The van der Waals surface area contributed by atoms with E-state index in [2.05, 4.69) is 24.2 Å². The fraction of sp³-hybridized carbons (Fsp3) is 0.536. The summed E-state index contributed by atoms with van der Waals surface area (Å²) < 4.78 is 6.99. The van der Waals surface area contributed by atoms with Gasteiger partial charge < -0.3 is 9.84 Å². The monoisotopic (exact) mass is 479 g/mol. The van der Waals surface area contributed by atoms with Crippen molar-refractivity contribution >= 4 is 23.8 Å². The number of benzene rings is 1. The predicted molar refractivity (Wildman–Crippen MR) is 137 cm³/mol. The van der Waals surface area contributed by atoms with Crippen molar-refractivity contribution in [3.05, 3.63) is 47.7 Å². The van der Waals surface area contributed by atoms with Gasteiger partial charge in [0.1, 0.15) is 5.56 Å². The number of anilines is 1. The van der Waals surface area contributed by atoms with E-state index < -0.39 is 5.97 Å². The second kappa shape index (κ2) is 11.2. The van der Waals surface area contributed by atoms with E-state index in [-0.39, 0.29) is 29.2 Å². The molecule has 35 heavy (non-hydrogen) atoms. The van der Waals surface area contributed by atoms with Crippen LogP contribution in [0.4, 0.5) is 5.82 Å². The summed E-state index contributed by atoms with van der Waals surface area (Å²) in [5, 5.41) is 14.5. The summed E-state index contributed by atoms with van der Waals surface area (Å²) in [5.74, 6) is 0.213. The minimum Gasteiger partial charge on any atom is -0.477 e. The van der Waals surface area contributed by atoms with E-state index in [9.17, 15) is 14.7 Å². The van der Waals surface area contributed by atoms with Crippen molar-refractivity contribution < 1.29 is 19.4 Å². The first kappa shape index (κ1) is 25.2. The number of hydrogen-bond acceptors (Lipinski definition) is 4. The lowest BCUT2D eigenvalue weighted by Crippen LogP contribution is -2.43. The maximum absolute atomic E-state index is 13.5. The summed E-state index contributed by atoms with van der Waals surface area (Å²) in [6.07, 6.45) is 11.7. The van der Waals surface area contributed by atoms with Crippen molar-refractivity contribution in [1.29, 1.82) is 0 Å². The molecule has 0 unspecified atom stereocenters. The summed E-state index contributed by atoms with van der Waals surface area (Å²) in [6.45, 7) is 7.67. The molecule has 1 saturated carbocycles. The van der Waals surface area contributed by atoms with Crippen molar-refractivity contribution in [1.82, 2.24) is 9.78 Å². The molecule has 1 saturated heterocycles. The Hall–Kier alpha value is -2.93. The zero-order valence-corrected chi connectivity index (χ0v) is 21.0. The molecule has 7 nitrogen and oxygen atoms in total. The van der Waals surface area contributed by atoms with Crippen molar-refractivity contribution in [2.24, 2.45) is 17.8 Å². The smallest absolute Gasteiger partial charge is 0.341 e. The largest absolute Gasteiger partial charge is 0.477 e. The number of carboxylic acids is 1. The maximum atomic E-state index is 13.5. The van der Waals surface area contributed by atoms with E-state index in [1.54, 1.807) is 9.58 Å². The SMILES string of the molecule is CC1CCC(C(=O)N(c2nn(-c3ccc(C=CC4CCOCC4)cc3)cc2C(=O)O)C(C)C)CC1. The Labute approximate surface area is 207 Å². The van der Waals surface area contributed by atoms with Gasteiger partial charge in [-0.1, -0.05) is 31.2 Å². The quantitative estimate of drug-likeness (QED) is 0.561. The Kier molecular flexibility index (Phi) is 8.06. The molecule has 1 aromatic heterocycles. The van der Waals surface area contributed by atoms with Gasteiger partial charge in [0.25, 0.3) is 0 Å². The normalized spacial score (nSPS) is 21.5. The van der Waals surface area contributed by atoms with Gasteiger partial charge in [0, 0.05) is 31.4 Å². The number of aromatic carboxylic acids is 1. The van der Waals surface area contributed by atoms with Gasteiger partial charge in [0.15, 0.2) is 5.82 Å². The second-order valence-corrected chi connectivity index (χ2v) is 10.3. The second-order valence-electron chi connectivity index (χ2n) is 10.3. The van der Waals surface area contributed by atoms with Crippen molar-refractivity contribution in [2.45, 2.75) is 65.3 Å². The van der Waals surface area contributed by atoms with Gasteiger partial charge in [-0.15, -0.1) is 5.10 Å². The zero-order valence-electron chi connectivity index (χ0n) is 21.0. The molecule has 1 aliphatic heterocycles. The van der Waals surface area contributed by atoms with Gasteiger partial charge in [0.2, 0.25) is 5.91 Å². The highest BCUT2D eigenvalue weighted by Gasteiger charge is 2.34. The minimum atomic E-state index is -1.09. The van der Waals surface area contributed by atoms with E-state index >= 15 is 0 Å². The third-order valence-corrected chi connectivity index (χ3v) is 7.26. The Balaban J connectivity index is 1.57. The Morgan fingerprint density at radius 3 is 2.34 bits per heavy atom. The lowest BCUT2D eigenvalue weighted by Gasteiger charge is -2.32. The molecule has 4 rings (SSSR count). The summed E-state index contributed by atoms with van der Waals surface area (Å²) in [4.78, 5) is 27.2. The number of hydrogen-bond donors (Lipinski definition) is 1. The molecular formula is C28H37N3O4. The zero-order chi connectivity index (χ0) is 24.9. The molecule has 0 spiro atoms. The topological polar surface area (TPSA) is 84.7 Å². The van der Waals surface area contributed by atoms with Crippen molar-refractivity contribution in [3.63, 3.8) is 0 Å². The van der Waals surface area contributed by atoms with Crippen LogP contribution in [0.3, 0.4) is 0 Å². The number of carbonyl (C=O) groups is 2. The average molecular weight is 480 g/mol. The molecule has 2 heterocycles. The Bertz CT molecular complexity index is 1040. The van der Waals surface area contributed by atoms with Crippen LogP contribution in [0.2, 0.25) is 0 Å². The first-order chi connectivity index (χ1) is 16.8. The number of amides is 1. The van der Waals surface area contributed by atoms with E-state index in [1.165, 1.54) is 6.20 Å². The van der Waals surface area contributed by atoms with E-state index in [4.69, 9.17) is 4.74 Å². The minimum absolute atomic E-state index is 0.0201. The Morgan fingerprint density at radius 1 is 1.09 bits per heavy atom.